The SMILES string of the molecule is Cn1cnc2ccc(Oc3ccc(C(N(C(=O)O)C4CCC(C)(C)CC4)C(C)(C)C)cc3)cc21. The highest BCUT2D eigenvalue weighted by molar-refractivity contribution is 5.77. The summed E-state index contributed by atoms with van der Waals surface area (Å²) in [5.41, 5.74) is 2.97. The smallest absolute Gasteiger partial charge is 0.408 e. The molecule has 1 heterocycles. The van der Waals surface area contributed by atoms with Crippen molar-refractivity contribution in [2.75, 3.05) is 0 Å². The van der Waals surface area contributed by atoms with Crippen LogP contribution in [0.1, 0.15) is 71.9 Å². The van der Waals surface area contributed by atoms with Crippen molar-refractivity contribution in [3.63, 3.8) is 0 Å². The van der Waals surface area contributed by atoms with Crippen LogP contribution in [0.5, 0.6) is 11.5 Å². The molecule has 34 heavy (non-hydrogen) atoms. The van der Waals surface area contributed by atoms with Crippen LogP contribution in [0.4, 0.5) is 4.79 Å². The molecule has 0 aliphatic heterocycles. The lowest BCUT2D eigenvalue weighted by atomic mass is 9.73. The molecule has 6 heteroatoms. The summed E-state index contributed by atoms with van der Waals surface area (Å²) in [4.78, 5) is 18.6. The lowest BCUT2D eigenvalue weighted by Crippen LogP contribution is -2.48. The van der Waals surface area contributed by atoms with Crippen LogP contribution in [0, 0.1) is 10.8 Å². The summed E-state index contributed by atoms with van der Waals surface area (Å²) < 4.78 is 8.07. The molecule has 0 spiro atoms. The number of fused-ring (bicyclic) bond motifs is 1. The Morgan fingerprint density at radius 3 is 2.32 bits per heavy atom. The Hall–Kier alpha value is -3.02. The quantitative estimate of drug-likeness (QED) is 0.428. The molecule has 1 aliphatic rings. The summed E-state index contributed by atoms with van der Waals surface area (Å²) in [5, 5.41) is 10.3. The van der Waals surface area contributed by atoms with Crippen LogP contribution in [0.25, 0.3) is 11.0 Å². The summed E-state index contributed by atoms with van der Waals surface area (Å²) in [7, 11) is 1.96. The maximum absolute atomic E-state index is 12.5. The highest BCUT2D eigenvalue weighted by Crippen LogP contribution is 2.44. The molecule has 182 valence electrons. The summed E-state index contributed by atoms with van der Waals surface area (Å²) in [6, 6.07) is 13.5. The fourth-order valence-electron chi connectivity index (χ4n) is 5.24. The average molecular weight is 464 g/mol. The van der Waals surface area contributed by atoms with E-state index in [1.165, 1.54) is 0 Å². The number of rotatable bonds is 5. The molecule has 2 aromatic carbocycles. The Balaban J connectivity index is 1.58. The maximum atomic E-state index is 12.5. The van der Waals surface area contributed by atoms with Gasteiger partial charge in [0, 0.05) is 19.2 Å². The van der Waals surface area contributed by atoms with Gasteiger partial charge in [-0.05, 0) is 66.3 Å². The number of ether oxygens (including phenoxy) is 1. The number of aryl methyl sites for hydroxylation is 1. The molecule has 6 nitrogen and oxygen atoms in total. The van der Waals surface area contributed by atoms with Crippen LogP contribution < -0.4 is 4.74 Å². The van der Waals surface area contributed by atoms with E-state index in [1.54, 1.807) is 11.2 Å². The molecule has 4 rings (SSSR count). The van der Waals surface area contributed by atoms with Gasteiger partial charge in [-0.3, -0.25) is 4.90 Å². The van der Waals surface area contributed by atoms with E-state index < -0.39 is 6.09 Å². The maximum Gasteiger partial charge on any atom is 0.408 e. The second-order valence-corrected chi connectivity index (χ2v) is 11.5. The molecule has 1 amide bonds. The van der Waals surface area contributed by atoms with Crippen LogP contribution >= 0.6 is 0 Å². The Morgan fingerprint density at radius 2 is 1.74 bits per heavy atom. The molecule has 0 radical (unpaired) electrons. The van der Waals surface area contributed by atoms with E-state index in [1.807, 2.05) is 54.1 Å². The van der Waals surface area contributed by atoms with Crippen molar-refractivity contribution in [2.45, 2.75) is 72.4 Å². The minimum atomic E-state index is -0.838. The van der Waals surface area contributed by atoms with Gasteiger partial charge in [-0.2, -0.15) is 0 Å². The number of benzene rings is 2. The zero-order valence-electron chi connectivity index (χ0n) is 21.2. The van der Waals surface area contributed by atoms with Gasteiger partial charge in [-0.25, -0.2) is 9.78 Å². The van der Waals surface area contributed by atoms with Crippen LogP contribution in [-0.2, 0) is 7.05 Å². The van der Waals surface area contributed by atoms with Crippen molar-refractivity contribution in [2.24, 2.45) is 17.9 Å². The van der Waals surface area contributed by atoms with Crippen molar-refractivity contribution in [3.8, 4) is 11.5 Å². The number of hydrogen-bond acceptors (Lipinski definition) is 3. The summed E-state index contributed by atoms with van der Waals surface area (Å²) in [6.07, 6.45) is 4.86. The van der Waals surface area contributed by atoms with Gasteiger partial charge < -0.3 is 14.4 Å². The van der Waals surface area contributed by atoms with Gasteiger partial charge >= 0.3 is 6.09 Å². The largest absolute Gasteiger partial charge is 0.465 e. The molecular weight excluding hydrogens is 426 g/mol. The van der Waals surface area contributed by atoms with E-state index in [2.05, 4.69) is 39.6 Å². The second kappa shape index (κ2) is 8.97. The molecule has 1 fully saturated rings. The third kappa shape index (κ3) is 5.06. The van der Waals surface area contributed by atoms with E-state index in [0.29, 0.717) is 0 Å². The normalized spacial score (nSPS) is 17.5. The number of nitrogens with zero attached hydrogens (tertiary/aromatic N) is 3. The van der Waals surface area contributed by atoms with E-state index in [-0.39, 0.29) is 22.9 Å². The van der Waals surface area contributed by atoms with Crippen LogP contribution in [0.2, 0.25) is 0 Å². The fraction of sp³-hybridized carbons (Fsp3) is 0.500. The highest BCUT2D eigenvalue weighted by atomic mass is 16.5. The third-order valence-corrected chi connectivity index (χ3v) is 7.15. The van der Waals surface area contributed by atoms with Gasteiger partial charge in [0.2, 0.25) is 0 Å². The lowest BCUT2D eigenvalue weighted by Gasteiger charge is -2.46. The monoisotopic (exact) mass is 463 g/mol. The topological polar surface area (TPSA) is 67.6 Å². The zero-order chi connectivity index (χ0) is 24.7. The standard InChI is InChI=1S/C28H37N3O3/c1-27(2,3)25(31(26(32)33)20-13-15-28(4,5)16-14-20)19-7-9-21(10-8-19)34-22-11-12-23-24(17-22)30(6)18-29-23/h7-12,17-18,20,25H,13-16H2,1-6H3,(H,32,33). The molecule has 1 atom stereocenters. The lowest BCUT2D eigenvalue weighted by molar-refractivity contribution is 0.0279. The van der Waals surface area contributed by atoms with Crippen LogP contribution in [0.15, 0.2) is 48.8 Å². The van der Waals surface area contributed by atoms with Crippen LogP contribution in [-0.4, -0.2) is 31.7 Å². The second-order valence-electron chi connectivity index (χ2n) is 11.5. The first-order valence-electron chi connectivity index (χ1n) is 12.1. The van der Waals surface area contributed by atoms with Gasteiger partial charge in [0.05, 0.1) is 23.4 Å². The van der Waals surface area contributed by atoms with Crippen molar-refractivity contribution in [1.82, 2.24) is 14.5 Å². The number of aromatic nitrogens is 2. The van der Waals surface area contributed by atoms with Gasteiger partial charge in [0.25, 0.3) is 0 Å². The molecule has 0 saturated heterocycles. The number of imidazole rings is 1. The predicted molar refractivity (Wildman–Crippen MR) is 135 cm³/mol. The molecule has 1 saturated carbocycles. The minimum absolute atomic E-state index is 0.0382. The third-order valence-electron chi connectivity index (χ3n) is 7.15. The van der Waals surface area contributed by atoms with Crippen molar-refractivity contribution in [1.29, 1.82) is 0 Å². The van der Waals surface area contributed by atoms with E-state index >= 15 is 0 Å². The van der Waals surface area contributed by atoms with Gasteiger partial charge in [0.1, 0.15) is 11.5 Å². The van der Waals surface area contributed by atoms with E-state index in [9.17, 15) is 9.90 Å². The molecular formula is C28H37N3O3. The minimum Gasteiger partial charge on any atom is -0.465 e. The molecule has 3 aromatic rings. The van der Waals surface area contributed by atoms with E-state index in [4.69, 9.17) is 4.74 Å². The Labute approximate surface area is 202 Å². The van der Waals surface area contributed by atoms with Crippen LogP contribution in [0.3, 0.4) is 0 Å². The average Bonchev–Trinajstić information content (AvgIpc) is 3.12. The first-order valence-corrected chi connectivity index (χ1v) is 12.1. The molecule has 1 N–H and O–H groups in total. The first-order chi connectivity index (χ1) is 15.9. The number of hydrogen-bond donors (Lipinski definition) is 1. The molecule has 1 unspecified atom stereocenters. The summed E-state index contributed by atoms with van der Waals surface area (Å²) in [5.74, 6) is 1.47. The Kier molecular flexibility index (Phi) is 6.36. The Morgan fingerprint density at radius 1 is 1.12 bits per heavy atom. The van der Waals surface area contributed by atoms with Crippen molar-refractivity contribution < 1.29 is 14.6 Å². The van der Waals surface area contributed by atoms with Crippen molar-refractivity contribution >= 4 is 17.1 Å². The summed E-state index contributed by atoms with van der Waals surface area (Å²) in [6.45, 7) is 10.9. The van der Waals surface area contributed by atoms with Gasteiger partial charge in [-0.15, -0.1) is 0 Å². The number of carbonyl (C=O) groups is 1. The molecule has 1 aliphatic carbocycles. The Bertz CT molecular complexity index is 1150. The summed E-state index contributed by atoms with van der Waals surface area (Å²) >= 11 is 0. The van der Waals surface area contributed by atoms with Gasteiger partial charge in [0.15, 0.2) is 0 Å². The first kappa shape index (κ1) is 24.1. The number of amides is 1. The molecule has 1 aromatic heterocycles. The van der Waals surface area contributed by atoms with Crippen molar-refractivity contribution in [3.05, 3.63) is 54.4 Å². The fourth-order valence-corrected chi connectivity index (χ4v) is 5.24. The molecule has 0 bridgehead atoms. The van der Waals surface area contributed by atoms with E-state index in [0.717, 1.165) is 53.8 Å². The predicted octanol–water partition coefficient (Wildman–Crippen LogP) is 7.40. The van der Waals surface area contributed by atoms with Gasteiger partial charge in [-0.1, -0.05) is 46.8 Å². The zero-order valence-corrected chi connectivity index (χ0v) is 21.2. The highest BCUT2D eigenvalue weighted by Gasteiger charge is 2.41. The number of carboxylic acid groups (broad SMARTS) is 1.